The summed E-state index contributed by atoms with van der Waals surface area (Å²) in [7, 11) is 0. The van der Waals surface area contributed by atoms with E-state index in [4.69, 9.17) is 11.6 Å². The maximum atomic E-state index is 12.7. The van der Waals surface area contributed by atoms with Crippen LogP contribution in [-0.4, -0.2) is 39.9 Å². The van der Waals surface area contributed by atoms with Crippen LogP contribution < -0.4 is 10.6 Å². The summed E-state index contributed by atoms with van der Waals surface area (Å²) >= 11 is 5.96. The number of ketones is 2. The highest BCUT2D eigenvalue weighted by atomic mass is 35.5. The minimum absolute atomic E-state index is 0.0842. The van der Waals surface area contributed by atoms with Gasteiger partial charge in [0.15, 0.2) is 11.6 Å². The van der Waals surface area contributed by atoms with Crippen LogP contribution in [0.5, 0.6) is 0 Å². The maximum Gasteiger partial charge on any atom is 0.268 e. The van der Waals surface area contributed by atoms with Crippen molar-refractivity contribution in [2.45, 2.75) is 19.9 Å². The lowest BCUT2D eigenvalue weighted by Crippen LogP contribution is -2.38. The van der Waals surface area contributed by atoms with Gasteiger partial charge < -0.3 is 20.6 Å². The molecule has 0 saturated heterocycles. The van der Waals surface area contributed by atoms with Crippen LogP contribution in [0.3, 0.4) is 0 Å². The third kappa shape index (κ3) is 5.49. The number of hydrogen-bond acceptors (Lipinski definition) is 4. The number of H-pyrrole nitrogens is 2. The van der Waals surface area contributed by atoms with Gasteiger partial charge in [-0.2, -0.15) is 0 Å². The van der Waals surface area contributed by atoms with Crippen molar-refractivity contribution >= 4 is 35.0 Å². The monoisotopic (exact) mass is 440 g/mol. The number of halogens is 1. The summed E-state index contributed by atoms with van der Waals surface area (Å²) in [5.74, 6) is -1.16. The van der Waals surface area contributed by atoms with Gasteiger partial charge in [0.2, 0.25) is 0 Å². The van der Waals surface area contributed by atoms with Gasteiger partial charge in [-0.05, 0) is 43.7 Å². The molecule has 0 saturated carbocycles. The van der Waals surface area contributed by atoms with Gasteiger partial charge in [0.25, 0.3) is 11.8 Å². The Morgan fingerprint density at radius 1 is 0.871 bits per heavy atom. The zero-order valence-corrected chi connectivity index (χ0v) is 17.7. The van der Waals surface area contributed by atoms with Gasteiger partial charge in [0, 0.05) is 35.1 Å². The van der Waals surface area contributed by atoms with Crippen LogP contribution >= 0.6 is 11.6 Å². The second-order valence-electron chi connectivity index (χ2n) is 7.00. The molecule has 4 N–H and O–H groups in total. The van der Waals surface area contributed by atoms with Crippen LogP contribution in [0.1, 0.15) is 67.1 Å². The van der Waals surface area contributed by atoms with Crippen LogP contribution in [0.4, 0.5) is 0 Å². The van der Waals surface area contributed by atoms with E-state index in [2.05, 4.69) is 20.6 Å². The van der Waals surface area contributed by atoms with Gasteiger partial charge in [-0.15, -0.1) is 0 Å². The Kier molecular flexibility index (Phi) is 6.71. The molecule has 1 aromatic carbocycles. The zero-order valence-electron chi connectivity index (χ0n) is 16.9. The Bertz CT molecular complexity index is 1130. The van der Waals surface area contributed by atoms with Gasteiger partial charge in [-0.1, -0.05) is 23.7 Å². The summed E-state index contributed by atoms with van der Waals surface area (Å²) in [5.41, 5.74) is 2.00. The fourth-order valence-electron chi connectivity index (χ4n) is 2.93. The molecule has 0 bridgehead atoms. The second kappa shape index (κ2) is 9.44. The number of benzene rings is 1. The summed E-state index contributed by atoms with van der Waals surface area (Å²) in [6, 6.07) is 9.23. The smallest absolute Gasteiger partial charge is 0.268 e. The number of nitrogens with one attached hydrogen (secondary N) is 4. The van der Waals surface area contributed by atoms with E-state index in [0.29, 0.717) is 16.1 Å². The van der Waals surface area contributed by atoms with Crippen molar-refractivity contribution in [1.82, 2.24) is 20.6 Å². The number of carbonyl (C=O) groups excluding carboxylic acids is 4. The van der Waals surface area contributed by atoms with Crippen molar-refractivity contribution in [2.24, 2.45) is 0 Å². The molecule has 2 aromatic heterocycles. The predicted octanol–water partition coefficient (Wildman–Crippen LogP) is 3.30. The van der Waals surface area contributed by atoms with Gasteiger partial charge in [-0.25, -0.2) is 0 Å². The lowest BCUT2D eigenvalue weighted by atomic mass is 10.1. The van der Waals surface area contributed by atoms with E-state index in [0.717, 1.165) is 5.56 Å². The molecule has 8 nitrogen and oxygen atoms in total. The third-order valence-electron chi connectivity index (χ3n) is 4.71. The summed E-state index contributed by atoms with van der Waals surface area (Å²) < 4.78 is 0. The van der Waals surface area contributed by atoms with Crippen LogP contribution in [0.25, 0.3) is 0 Å². The fraction of sp³-hybridized carbons (Fsp3) is 0.182. The molecular weight excluding hydrogens is 420 g/mol. The zero-order chi connectivity index (χ0) is 22.5. The molecular formula is C22H21ClN4O4. The Hall–Kier alpha value is -3.65. The first-order valence-corrected chi connectivity index (χ1v) is 9.85. The van der Waals surface area contributed by atoms with Crippen LogP contribution in [0.15, 0.2) is 48.8 Å². The molecule has 2 amide bonds. The fourth-order valence-corrected chi connectivity index (χ4v) is 3.06. The minimum Gasteiger partial charge on any atom is -0.356 e. The normalized spacial score (nSPS) is 11.6. The highest BCUT2D eigenvalue weighted by Crippen LogP contribution is 2.17. The third-order valence-corrected chi connectivity index (χ3v) is 4.96. The molecule has 0 unspecified atom stereocenters. The molecule has 0 fully saturated rings. The average molecular weight is 441 g/mol. The summed E-state index contributed by atoms with van der Waals surface area (Å²) in [6.07, 6.45) is 2.93. The van der Waals surface area contributed by atoms with Gasteiger partial charge in [0.05, 0.1) is 6.04 Å². The van der Waals surface area contributed by atoms with Crippen LogP contribution in [0, 0.1) is 0 Å². The van der Waals surface area contributed by atoms with Crippen molar-refractivity contribution < 1.29 is 19.2 Å². The molecule has 0 spiro atoms. The molecule has 3 rings (SSSR count). The number of aromatic nitrogens is 2. The Labute approximate surface area is 183 Å². The molecule has 31 heavy (non-hydrogen) atoms. The highest BCUT2D eigenvalue weighted by Gasteiger charge is 2.19. The summed E-state index contributed by atoms with van der Waals surface area (Å²) in [4.78, 5) is 53.6. The number of amides is 2. The van der Waals surface area contributed by atoms with Crippen LogP contribution in [-0.2, 0) is 0 Å². The first-order valence-electron chi connectivity index (χ1n) is 9.48. The van der Waals surface area contributed by atoms with Gasteiger partial charge >= 0.3 is 0 Å². The van der Waals surface area contributed by atoms with E-state index in [9.17, 15) is 19.2 Å². The SMILES string of the molecule is CC(=O)c1c[nH]c(C(=O)NC[C@H](NC(=O)c2cc(C(C)=O)c[nH]2)c2ccc(Cl)cc2)c1. The van der Waals surface area contributed by atoms with E-state index in [-0.39, 0.29) is 29.5 Å². The van der Waals surface area contributed by atoms with E-state index in [1.165, 1.54) is 38.4 Å². The number of aromatic amines is 2. The predicted molar refractivity (Wildman–Crippen MR) is 116 cm³/mol. The summed E-state index contributed by atoms with van der Waals surface area (Å²) in [5, 5.41) is 6.14. The Morgan fingerprint density at radius 2 is 1.39 bits per heavy atom. The lowest BCUT2D eigenvalue weighted by molar-refractivity contribution is 0.0904. The first kappa shape index (κ1) is 22.0. The molecule has 0 aliphatic heterocycles. The molecule has 0 aliphatic rings. The van der Waals surface area contributed by atoms with Crippen molar-refractivity contribution in [3.8, 4) is 0 Å². The van der Waals surface area contributed by atoms with Gasteiger partial charge in [-0.3, -0.25) is 19.2 Å². The number of hydrogen-bond donors (Lipinski definition) is 4. The van der Waals surface area contributed by atoms with Crippen molar-refractivity contribution in [2.75, 3.05) is 6.54 Å². The molecule has 2 heterocycles. The maximum absolute atomic E-state index is 12.7. The molecule has 160 valence electrons. The second-order valence-corrected chi connectivity index (χ2v) is 7.44. The van der Waals surface area contributed by atoms with Crippen molar-refractivity contribution in [1.29, 1.82) is 0 Å². The Morgan fingerprint density at radius 3 is 1.87 bits per heavy atom. The first-order chi connectivity index (χ1) is 14.7. The Balaban J connectivity index is 1.75. The molecule has 1 atom stereocenters. The number of Topliss-reactive ketones (excluding diaryl/α,β-unsaturated/α-hetero) is 2. The molecule has 0 aliphatic carbocycles. The van der Waals surface area contributed by atoms with Gasteiger partial charge in [0.1, 0.15) is 11.4 Å². The average Bonchev–Trinajstić information content (AvgIpc) is 3.41. The minimum atomic E-state index is -0.569. The van der Waals surface area contributed by atoms with E-state index in [1.807, 2.05) is 0 Å². The van der Waals surface area contributed by atoms with E-state index < -0.39 is 17.9 Å². The molecule has 3 aromatic rings. The van der Waals surface area contributed by atoms with E-state index >= 15 is 0 Å². The topological polar surface area (TPSA) is 124 Å². The van der Waals surface area contributed by atoms with E-state index in [1.54, 1.807) is 24.3 Å². The highest BCUT2D eigenvalue weighted by molar-refractivity contribution is 6.30. The number of carbonyl (C=O) groups is 4. The van der Waals surface area contributed by atoms with Crippen molar-refractivity contribution in [3.63, 3.8) is 0 Å². The molecule has 9 heteroatoms. The number of rotatable bonds is 8. The van der Waals surface area contributed by atoms with Crippen LogP contribution in [0.2, 0.25) is 5.02 Å². The standard InChI is InChI=1S/C22H21ClN4O4/c1-12(28)15-7-18(24-9-15)21(30)26-11-20(14-3-5-17(23)6-4-14)27-22(31)19-8-16(10-25-19)13(2)29/h3-10,20,24-25H,11H2,1-2H3,(H,26,30)(H,27,31)/t20-/m0/s1. The summed E-state index contributed by atoms with van der Waals surface area (Å²) in [6.45, 7) is 2.91. The van der Waals surface area contributed by atoms with Crippen molar-refractivity contribution in [3.05, 3.63) is 81.9 Å². The lowest BCUT2D eigenvalue weighted by Gasteiger charge is -2.19. The quantitative estimate of drug-likeness (QED) is 0.401. The largest absolute Gasteiger partial charge is 0.356 e. The molecule has 0 radical (unpaired) electrons.